The van der Waals surface area contributed by atoms with Gasteiger partial charge in [-0.15, -0.1) is 0 Å². The van der Waals surface area contributed by atoms with Crippen LogP contribution in [0.25, 0.3) is 0 Å². The number of nitrogens with one attached hydrogen (secondary N) is 4. The monoisotopic (exact) mass is 380 g/mol. The van der Waals surface area contributed by atoms with Crippen molar-refractivity contribution >= 4 is 46.3 Å². The maximum Gasteiger partial charge on any atom is 0.338 e. The largest absolute Gasteiger partial charge is 0.462 e. The minimum atomic E-state index is -0.337. The van der Waals surface area contributed by atoms with Crippen LogP contribution in [0.2, 0.25) is 0 Å². The van der Waals surface area contributed by atoms with Crippen molar-refractivity contribution in [1.29, 1.82) is 0 Å². The molecule has 0 aliphatic heterocycles. The van der Waals surface area contributed by atoms with E-state index < -0.39 is 0 Å². The summed E-state index contributed by atoms with van der Waals surface area (Å²) in [5.41, 5.74) is 7.01. The molecule has 0 bridgehead atoms. The lowest BCUT2D eigenvalue weighted by Crippen LogP contribution is -2.51. The standard InChI is InChI=1S/C17H24N4O2S2/c1-2-23-15(22)12-8-10-14(11-9-12)19-17(25)21-20-16(24)18-13-6-4-3-5-7-13/h8-11,13H,2-7H2,1H3,(H2,18,20,24)(H2,19,21,25). The van der Waals surface area contributed by atoms with E-state index in [1.165, 1.54) is 19.3 Å². The molecule has 1 aliphatic rings. The molecule has 6 nitrogen and oxygen atoms in total. The van der Waals surface area contributed by atoms with Crippen LogP contribution in [0, 0.1) is 0 Å². The lowest BCUT2D eigenvalue weighted by molar-refractivity contribution is 0.0526. The average Bonchev–Trinajstić information content (AvgIpc) is 2.62. The number of esters is 1. The Bertz CT molecular complexity index is 601. The first-order chi connectivity index (χ1) is 12.1. The summed E-state index contributed by atoms with van der Waals surface area (Å²) < 4.78 is 4.95. The number of benzene rings is 1. The van der Waals surface area contributed by atoms with Gasteiger partial charge in [-0.05, 0) is 68.5 Å². The van der Waals surface area contributed by atoms with Gasteiger partial charge in [0.05, 0.1) is 12.2 Å². The number of ether oxygens (including phenoxy) is 1. The minimum absolute atomic E-state index is 0.337. The molecule has 0 spiro atoms. The van der Waals surface area contributed by atoms with Crippen LogP contribution in [-0.4, -0.2) is 28.8 Å². The van der Waals surface area contributed by atoms with Crippen LogP contribution in [0.4, 0.5) is 5.69 Å². The molecule has 1 fully saturated rings. The highest BCUT2D eigenvalue weighted by Gasteiger charge is 2.13. The van der Waals surface area contributed by atoms with Gasteiger partial charge in [-0.3, -0.25) is 10.9 Å². The smallest absolute Gasteiger partial charge is 0.338 e. The van der Waals surface area contributed by atoms with Gasteiger partial charge >= 0.3 is 5.97 Å². The number of anilines is 1. The van der Waals surface area contributed by atoms with Gasteiger partial charge in [0, 0.05) is 11.7 Å². The number of rotatable bonds is 4. The fraction of sp³-hybridized carbons (Fsp3) is 0.471. The van der Waals surface area contributed by atoms with Crippen LogP contribution in [0.3, 0.4) is 0 Å². The van der Waals surface area contributed by atoms with E-state index >= 15 is 0 Å². The molecule has 1 aromatic rings. The van der Waals surface area contributed by atoms with E-state index in [9.17, 15) is 4.79 Å². The van der Waals surface area contributed by atoms with E-state index in [-0.39, 0.29) is 5.97 Å². The van der Waals surface area contributed by atoms with Gasteiger partial charge in [0.25, 0.3) is 0 Å². The molecular formula is C17H24N4O2S2. The van der Waals surface area contributed by atoms with E-state index in [0.29, 0.717) is 28.4 Å². The topological polar surface area (TPSA) is 74.4 Å². The molecule has 0 aromatic heterocycles. The summed E-state index contributed by atoms with van der Waals surface area (Å²) in [6.07, 6.45) is 6.10. The first-order valence-electron chi connectivity index (χ1n) is 8.49. The van der Waals surface area contributed by atoms with Crippen molar-refractivity contribution in [2.24, 2.45) is 0 Å². The van der Waals surface area contributed by atoms with Crippen molar-refractivity contribution in [3.63, 3.8) is 0 Å². The SMILES string of the molecule is CCOC(=O)c1ccc(NC(=S)NNC(=S)NC2CCCCC2)cc1. The zero-order valence-corrected chi connectivity index (χ0v) is 15.9. The molecule has 136 valence electrons. The second-order valence-electron chi connectivity index (χ2n) is 5.81. The lowest BCUT2D eigenvalue weighted by atomic mass is 9.96. The van der Waals surface area contributed by atoms with Gasteiger partial charge in [0.2, 0.25) is 0 Å². The number of thiocarbonyl (C=S) groups is 2. The zero-order valence-electron chi connectivity index (χ0n) is 14.3. The fourth-order valence-electron chi connectivity index (χ4n) is 2.65. The first kappa shape index (κ1) is 19.4. The van der Waals surface area contributed by atoms with Gasteiger partial charge < -0.3 is 15.4 Å². The summed E-state index contributed by atoms with van der Waals surface area (Å²) in [4.78, 5) is 11.6. The highest BCUT2D eigenvalue weighted by atomic mass is 32.1. The summed E-state index contributed by atoms with van der Waals surface area (Å²) in [7, 11) is 0. The van der Waals surface area contributed by atoms with Crippen LogP contribution >= 0.6 is 24.4 Å². The Kier molecular flexibility index (Phi) is 7.87. The number of hydrogen-bond donors (Lipinski definition) is 4. The molecule has 0 saturated heterocycles. The van der Waals surface area contributed by atoms with Crippen molar-refractivity contribution in [1.82, 2.24) is 16.2 Å². The molecule has 1 aliphatic carbocycles. The summed E-state index contributed by atoms with van der Waals surface area (Å²) in [5.74, 6) is -0.337. The number of hydrogen-bond acceptors (Lipinski definition) is 4. The summed E-state index contributed by atoms with van der Waals surface area (Å²) in [6.45, 7) is 2.13. The normalized spacial score (nSPS) is 14.3. The third kappa shape index (κ3) is 6.83. The summed E-state index contributed by atoms with van der Waals surface area (Å²) in [5, 5.41) is 7.23. The zero-order chi connectivity index (χ0) is 18.1. The van der Waals surface area contributed by atoms with Gasteiger partial charge in [-0.25, -0.2) is 4.79 Å². The van der Waals surface area contributed by atoms with Gasteiger partial charge in [0.15, 0.2) is 10.2 Å². The molecular weight excluding hydrogens is 356 g/mol. The van der Waals surface area contributed by atoms with Crippen molar-refractivity contribution < 1.29 is 9.53 Å². The van der Waals surface area contributed by atoms with Crippen molar-refractivity contribution in [2.75, 3.05) is 11.9 Å². The van der Waals surface area contributed by atoms with Crippen LogP contribution in [0.15, 0.2) is 24.3 Å². The molecule has 1 saturated carbocycles. The first-order valence-corrected chi connectivity index (χ1v) is 9.31. The third-order valence-corrected chi connectivity index (χ3v) is 4.31. The average molecular weight is 381 g/mol. The maximum absolute atomic E-state index is 11.6. The maximum atomic E-state index is 11.6. The molecule has 0 heterocycles. The molecule has 1 aromatic carbocycles. The summed E-state index contributed by atoms with van der Waals surface area (Å²) in [6, 6.07) is 7.34. The Labute approximate surface area is 159 Å². The predicted molar refractivity (Wildman–Crippen MR) is 107 cm³/mol. The lowest BCUT2D eigenvalue weighted by Gasteiger charge is -2.24. The van der Waals surface area contributed by atoms with Crippen molar-refractivity contribution in [3.8, 4) is 0 Å². The fourth-order valence-corrected chi connectivity index (χ4v) is 3.03. The quantitative estimate of drug-likeness (QED) is 0.361. The molecule has 0 amide bonds. The second kappa shape index (κ2) is 10.1. The molecule has 0 unspecified atom stereocenters. The van der Waals surface area contributed by atoms with Crippen LogP contribution in [0.1, 0.15) is 49.4 Å². The molecule has 0 radical (unpaired) electrons. The van der Waals surface area contributed by atoms with E-state index in [0.717, 1.165) is 18.5 Å². The molecule has 8 heteroatoms. The van der Waals surface area contributed by atoms with Gasteiger partial charge in [0.1, 0.15) is 0 Å². The molecule has 0 atom stereocenters. The van der Waals surface area contributed by atoms with Gasteiger partial charge in [-0.2, -0.15) is 0 Å². The third-order valence-electron chi connectivity index (χ3n) is 3.88. The van der Waals surface area contributed by atoms with E-state index in [4.69, 9.17) is 29.2 Å². The number of hydrazine groups is 1. The minimum Gasteiger partial charge on any atom is -0.462 e. The molecule has 4 N–H and O–H groups in total. The second-order valence-corrected chi connectivity index (χ2v) is 6.63. The Morgan fingerprint density at radius 2 is 1.72 bits per heavy atom. The molecule has 2 rings (SSSR count). The van der Waals surface area contributed by atoms with Crippen molar-refractivity contribution in [2.45, 2.75) is 45.1 Å². The van der Waals surface area contributed by atoms with E-state index in [1.807, 2.05) is 0 Å². The highest BCUT2D eigenvalue weighted by molar-refractivity contribution is 7.80. The number of carbonyl (C=O) groups excluding carboxylic acids is 1. The Morgan fingerprint density at radius 1 is 1.08 bits per heavy atom. The van der Waals surface area contributed by atoms with Gasteiger partial charge in [-0.1, -0.05) is 19.3 Å². The van der Waals surface area contributed by atoms with Crippen molar-refractivity contribution in [3.05, 3.63) is 29.8 Å². The Balaban J connectivity index is 1.72. The Hall–Kier alpha value is -1.93. The summed E-state index contributed by atoms with van der Waals surface area (Å²) >= 11 is 10.5. The van der Waals surface area contributed by atoms with E-state index in [1.54, 1.807) is 31.2 Å². The van der Waals surface area contributed by atoms with Crippen LogP contribution in [0.5, 0.6) is 0 Å². The van der Waals surface area contributed by atoms with Crippen LogP contribution < -0.4 is 21.5 Å². The number of carbonyl (C=O) groups is 1. The van der Waals surface area contributed by atoms with Crippen LogP contribution in [-0.2, 0) is 4.74 Å². The highest BCUT2D eigenvalue weighted by Crippen LogP contribution is 2.17. The Morgan fingerprint density at radius 3 is 2.36 bits per heavy atom. The van der Waals surface area contributed by atoms with E-state index in [2.05, 4.69) is 21.5 Å². The molecule has 25 heavy (non-hydrogen) atoms. The predicted octanol–water partition coefficient (Wildman–Crippen LogP) is 2.86.